The summed E-state index contributed by atoms with van der Waals surface area (Å²) < 4.78 is 5.56. The van der Waals surface area contributed by atoms with Gasteiger partial charge in [0.15, 0.2) is 0 Å². The molecule has 1 amide bonds. The van der Waals surface area contributed by atoms with Crippen molar-refractivity contribution in [1.82, 2.24) is 10.2 Å². The minimum absolute atomic E-state index is 0.178. The zero-order valence-corrected chi connectivity index (χ0v) is 12.5. The second kappa shape index (κ2) is 7.50. The highest BCUT2D eigenvalue weighted by molar-refractivity contribution is 6.30. The van der Waals surface area contributed by atoms with Crippen molar-refractivity contribution in [3.63, 3.8) is 0 Å². The lowest BCUT2D eigenvalue weighted by atomic mass is 10.2. The molecule has 1 aromatic rings. The molecule has 20 heavy (non-hydrogen) atoms. The Kier molecular flexibility index (Phi) is 5.68. The second-order valence-corrected chi connectivity index (χ2v) is 5.43. The summed E-state index contributed by atoms with van der Waals surface area (Å²) in [5.74, 6) is 0.923. The topological polar surface area (TPSA) is 41.6 Å². The van der Waals surface area contributed by atoms with Gasteiger partial charge in [-0.1, -0.05) is 11.6 Å². The van der Waals surface area contributed by atoms with Gasteiger partial charge in [-0.2, -0.15) is 0 Å². The lowest BCUT2D eigenvalue weighted by molar-refractivity contribution is -0.132. The average molecular weight is 297 g/mol. The lowest BCUT2D eigenvalue weighted by Crippen LogP contribution is -2.41. The number of likely N-dealkylation sites (tertiary alicyclic amines) is 1. The predicted octanol–water partition coefficient (Wildman–Crippen LogP) is 2.32. The number of carbonyl (C=O) groups is 1. The Balaban J connectivity index is 1.76. The molecule has 0 aliphatic carbocycles. The van der Waals surface area contributed by atoms with Crippen molar-refractivity contribution >= 4 is 17.5 Å². The summed E-state index contributed by atoms with van der Waals surface area (Å²) in [4.78, 5) is 14.1. The number of halogens is 1. The molecule has 1 aromatic carbocycles. The van der Waals surface area contributed by atoms with Crippen molar-refractivity contribution in [2.75, 3.05) is 26.7 Å². The highest BCUT2D eigenvalue weighted by Gasteiger charge is 2.27. The molecule has 1 aliphatic rings. The highest BCUT2D eigenvalue weighted by Crippen LogP contribution is 2.18. The molecule has 0 spiro atoms. The third-order valence-corrected chi connectivity index (χ3v) is 3.79. The van der Waals surface area contributed by atoms with Crippen LogP contribution in [-0.4, -0.2) is 43.6 Å². The number of carbonyl (C=O) groups excluding carboxylic acids is 1. The van der Waals surface area contributed by atoms with E-state index in [9.17, 15) is 4.79 Å². The molecule has 1 unspecified atom stereocenters. The maximum absolute atomic E-state index is 12.2. The van der Waals surface area contributed by atoms with E-state index in [0.717, 1.165) is 31.7 Å². The summed E-state index contributed by atoms with van der Waals surface area (Å²) in [6.07, 6.45) is 2.60. The molecular weight excluding hydrogens is 276 g/mol. The zero-order valence-electron chi connectivity index (χ0n) is 11.8. The molecule has 110 valence electrons. The molecule has 0 aromatic heterocycles. The summed E-state index contributed by atoms with van der Waals surface area (Å²) in [6.45, 7) is 2.14. The number of benzene rings is 1. The minimum atomic E-state index is 0.178. The third kappa shape index (κ3) is 4.12. The number of nitrogens with one attached hydrogen (secondary N) is 1. The molecule has 0 saturated carbocycles. The fourth-order valence-electron chi connectivity index (χ4n) is 2.54. The van der Waals surface area contributed by atoms with Crippen molar-refractivity contribution in [2.45, 2.75) is 25.3 Å². The van der Waals surface area contributed by atoms with E-state index in [1.807, 2.05) is 24.1 Å². The lowest BCUT2D eigenvalue weighted by Gasteiger charge is -2.24. The van der Waals surface area contributed by atoms with Crippen LogP contribution in [0.5, 0.6) is 5.75 Å². The van der Waals surface area contributed by atoms with Gasteiger partial charge < -0.3 is 15.0 Å². The number of amides is 1. The second-order valence-electron chi connectivity index (χ2n) is 4.99. The van der Waals surface area contributed by atoms with Crippen LogP contribution in [0.15, 0.2) is 24.3 Å². The molecule has 4 nitrogen and oxygen atoms in total. The van der Waals surface area contributed by atoms with Gasteiger partial charge in [0.2, 0.25) is 5.91 Å². The maximum atomic E-state index is 12.2. The Morgan fingerprint density at radius 1 is 1.45 bits per heavy atom. The fraction of sp³-hybridized carbons (Fsp3) is 0.533. The highest BCUT2D eigenvalue weighted by atomic mass is 35.5. The van der Waals surface area contributed by atoms with Gasteiger partial charge in [-0.25, -0.2) is 0 Å². The number of hydrogen-bond acceptors (Lipinski definition) is 3. The van der Waals surface area contributed by atoms with Crippen LogP contribution in [0.4, 0.5) is 0 Å². The Morgan fingerprint density at radius 2 is 2.20 bits per heavy atom. The van der Waals surface area contributed by atoms with Crippen molar-refractivity contribution in [1.29, 1.82) is 0 Å². The first-order valence-electron chi connectivity index (χ1n) is 7.03. The third-order valence-electron chi connectivity index (χ3n) is 3.54. The quantitative estimate of drug-likeness (QED) is 0.876. The monoisotopic (exact) mass is 296 g/mol. The Labute approximate surface area is 125 Å². The summed E-state index contributed by atoms with van der Waals surface area (Å²) in [5.41, 5.74) is 0. The molecule has 1 atom stereocenters. The largest absolute Gasteiger partial charge is 0.493 e. The zero-order chi connectivity index (χ0) is 14.4. The fourth-order valence-corrected chi connectivity index (χ4v) is 2.67. The molecular formula is C15H21ClN2O2. The number of ether oxygens (including phenoxy) is 1. The Hall–Kier alpha value is -1.26. The molecule has 5 heteroatoms. The van der Waals surface area contributed by atoms with Crippen LogP contribution in [-0.2, 0) is 4.79 Å². The van der Waals surface area contributed by atoms with Gasteiger partial charge >= 0.3 is 0 Å². The van der Waals surface area contributed by atoms with Gasteiger partial charge in [0.25, 0.3) is 0 Å². The predicted molar refractivity (Wildman–Crippen MR) is 80.2 cm³/mol. The number of likely N-dealkylation sites (N-methyl/N-ethyl adjacent to an activating group) is 1. The van der Waals surface area contributed by atoms with Gasteiger partial charge in [-0.05, 0) is 44.2 Å². The van der Waals surface area contributed by atoms with Crippen LogP contribution >= 0.6 is 11.6 Å². The van der Waals surface area contributed by atoms with E-state index < -0.39 is 0 Å². The van der Waals surface area contributed by atoms with Crippen molar-refractivity contribution in [2.24, 2.45) is 0 Å². The van der Waals surface area contributed by atoms with Crippen LogP contribution in [0.2, 0.25) is 5.02 Å². The maximum Gasteiger partial charge on any atom is 0.226 e. The van der Waals surface area contributed by atoms with Gasteiger partial charge in [-0.3, -0.25) is 4.79 Å². The van der Waals surface area contributed by atoms with E-state index in [4.69, 9.17) is 16.3 Å². The van der Waals surface area contributed by atoms with E-state index >= 15 is 0 Å². The summed E-state index contributed by atoms with van der Waals surface area (Å²) in [7, 11) is 1.92. The summed E-state index contributed by atoms with van der Waals surface area (Å²) in [5, 5.41) is 3.83. The van der Waals surface area contributed by atoms with Crippen LogP contribution in [0.1, 0.15) is 19.3 Å². The van der Waals surface area contributed by atoms with E-state index in [-0.39, 0.29) is 5.91 Å². The summed E-state index contributed by atoms with van der Waals surface area (Å²) >= 11 is 5.81. The van der Waals surface area contributed by atoms with Crippen molar-refractivity contribution in [3.05, 3.63) is 29.3 Å². The number of nitrogens with zero attached hydrogens (tertiary/aromatic N) is 1. The van der Waals surface area contributed by atoms with Crippen molar-refractivity contribution < 1.29 is 9.53 Å². The number of rotatable bonds is 6. The molecule has 0 bridgehead atoms. The average Bonchev–Trinajstić information content (AvgIpc) is 2.90. The molecule has 1 fully saturated rings. The van der Waals surface area contributed by atoms with Crippen molar-refractivity contribution in [3.8, 4) is 5.75 Å². The van der Waals surface area contributed by atoms with Crippen LogP contribution in [0.25, 0.3) is 0 Å². The smallest absolute Gasteiger partial charge is 0.226 e. The van der Waals surface area contributed by atoms with Crippen LogP contribution < -0.4 is 10.1 Å². The van der Waals surface area contributed by atoms with E-state index in [1.165, 1.54) is 0 Å². The number of hydrogen-bond donors (Lipinski definition) is 1. The molecule has 1 heterocycles. The SMILES string of the molecule is CNCC1CCCN1C(=O)CCOc1ccc(Cl)cc1. The summed E-state index contributed by atoms with van der Waals surface area (Å²) in [6, 6.07) is 7.52. The molecule has 1 saturated heterocycles. The molecule has 0 radical (unpaired) electrons. The molecule has 1 aliphatic heterocycles. The van der Waals surface area contributed by atoms with E-state index in [0.29, 0.717) is 24.1 Å². The van der Waals surface area contributed by atoms with E-state index in [2.05, 4.69) is 5.32 Å². The van der Waals surface area contributed by atoms with Gasteiger partial charge in [0.05, 0.1) is 13.0 Å². The normalized spacial score (nSPS) is 18.3. The first-order chi connectivity index (χ1) is 9.70. The Morgan fingerprint density at radius 3 is 2.90 bits per heavy atom. The minimum Gasteiger partial charge on any atom is -0.493 e. The molecule has 1 N–H and O–H groups in total. The first kappa shape index (κ1) is 15.1. The molecule has 2 rings (SSSR count). The standard InChI is InChI=1S/C15H21ClN2O2/c1-17-11-13-3-2-9-18(13)15(19)8-10-20-14-6-4-12(16)5-7-14/h4-7,13,17H,2-3,8-11H2,1H3. The first-order valence-corrected chi connectivity index (χ1v) is 7.41. The van der Waals surface area contributed by atoms with E-state index in [1.54, 1.807) is 12.1 Å². The van der Waals surface area contributed by atoms with Gasteiger partial charge in [0.1, 0.15) is 5.75 Å². The van der Waals surface area contributed by atoms with Crippen LogP contribution in [0.3, 0.4) is 0 Å². The van der Waals surface area contributed by atoms with Crippen LogP contribution in [0, 0.1) is 0 Å². The van der Waals surface area contributed by atoms with Gasteiger partial charge in [0, 0.05) is 24.2 Å². The van der Waals surface area contributed by atoms with Gasteiger partial charge in [-0.15, -0.1) is 0 Å². The Bertz CT molecular complexity index is 436.